The van der Waals surface area contributed by atoms with Gasteiger partial charge in [0.05, 0.1) is 5.52 Å². The Balaban J connectivity index is 2.00. The number of carbonyl (C=O) groups is 1. The van der Waals surface area contributed by atoms with Crippen LogP contribution in [-0.4, -0.2) is 34.6 Å². The van der Waals surface area contributed by atoms with Gasteiger partial charge in [0, 0.05) is 5.39 Å². The van der Waals surface area contributed by atoms with Crippen LogP contribution in [0.25, 0.3) is 10.9 Å². The maximum absolute atomic E-state index is 12.2. The molecule has 0 fully saturated rings. The van der Waals surface area contributed by atoms with E-state index in [1.807, 2.05) is 0 Å². The van der Waals surface area contributed by atoms with Crippen molar-refractivity contribution in [1.82, 2.24) is 15.2 Å². The van der Waals surface area contributed by atoms with Crippen molar-refractivity contribution in [2.45, 2.75) is 4.34 Å². The van der Waals surface area contributed by atoms with Crippen LogP contribution in [0.1, 0.15) is 10.4 Å². The highest BCUT2D eigenvalue weighted by atomic mass is 32.2. The Morgan fingerprint density at radius 1 is 1.29 bits per heavy atom. The Kier molecular flexibility index (Phi) is 3.79. The SMILES string of the molecule is NS(=O)(=O)c1nnc(NC(=O)c2c(O)c3ccccc3[nH]c2=O)s1. The molecule has 0 saturated carbocycles. The zero-order chi connectivity index (χ0) is 17.5. The number of para-hydroxylation sites is 1. The number of rotatable bonds is 3. The number of carbonyl (C=O) groups excluding carboxylic acids is 1. The van der Waals surface area contributed by atoms with Crippen molar-refractivity contribution in [1.29, 1.82) is 0 Å². The van der Waals surface area contributed by atoms with Crippen LogP contribution in [-0.2, 0) is 10.0 Å². The Morgan fingerprint density at radius 3 is 2.67 bits per heavy atom. The van der Waals surface area contributed by atoms with E-state index >= 15 is 0 Å². The highest BCUT2D eigenvalue weighted by Crippen LogP contribution is 2.26. The summed E-state index contributed by atoms with van der Waals surface area (Å²) in [6.07, 6.45) is 0. The maximum Gasteiger partial charge on any atom is 0.267 e. The zero-order valence-electron chi connectivity index (χ0n) is 11.7. The first-order chi connectivity index (χ1) is 11.3. The fourth-order valence-electron chi connectivity index (χ4n) is 1.97. The average Bonchev–Trinajstić information content (AvgIpc) is 2.96. The molecule has 0 saturated heterocycles. The van der Waals surface area contributed by atoms with Crippen LogP contribution in [0.4, 0.5) is 5.13 Å². The second kappa shape index (κ2) is 5.67. The average molecular weight is 367 g/mol. The molecule has 3 rings (SSSR count). The van der Waals surface area contributed by atoms with Gasteiger partial charge in [-0.25, -0.2) is 13.6 Å². The summed E-state index contributed by atoms with van der Waals surface area (Å²) in [5, 5.41) is 24.2. The number of nitrogens with two attached hydrogens (primary N) is 1. The van der Waals surface area contributed by atoms with E-state index < -0.39 is 37.1 Å². The van der Waals surface area contributed by atoms with Crippen LogP contribution < -0.4 is 16.0 Å². The van der Waals surface area contributed by atoms with Crippen LogP contribution in [0.3, 0.4) is 0 Å². The van der Waals surface area contributed by atoms with E-state index in [1.54, 1.807) is 18.2 Å². The molecule has 3 aromatic rings. The standard InChI is InChI=1S/C12H9N5O5S2/c13-24(21,22)12-17-16-11(23-12)15-10(20)7-8(18)5-3-1-2-4-6(5)14-9(7)19/h1-4H,(H2,13,21,22)(H2,14,18,19)(H,15,16,20). The molecule has 12 heteroatoms. The third kappa shape index (κ3) is 2.84. The molecule has 1 aromatic carbocycles. The number of nitrogens with one attached hydrogen (secondary N) is 2. The van der Waals surface area contributed by atoms with Gasteiger partial charge in [-0.05, 0) is 12.1 Å². The van der Waals surface area contributed by atoms with Gasteiger partial charge in [-0.2, -0.15) is 0 Å². The summed E-state index contributed by atoms with van der Waals surface area (Å²) in [6.45, 7) is 0. The van der Waals surface area contributed by atoms with E-state index in [0.717, 1.165) is 0 Å². The van der Waals surface area contributed by atoms with E-state index in [1.165, 1.54) is 6.07 Å². The van der Waals surface area contributed by atoms with Crippen LogP contribution >= 0.6 is 11.3 Å². The van der Waals surface area contributed by atoms with E-state index in [2.05, 4.69) is 20.5 Å². The number of aromatic hydroxyl groups is 1. The molecule has 0 spiro atoms. The fourth-order valence-corrected chi connectivity index (χ4v) is 3.30. The van der Waals surface area contributed by atoms with Gasteiger partial charge in [-0.3, -0.25) is 14.9 Å². The first-order valence-corrected chi connectivity index (χ1v) is 8.65. The van der Waals surface area contributed by atoms with Crippen molar-refractivity contribution >= 4 is 43.3 Å². The van der Waals surface area contributed by atoms with Gasteiger partial charge in [0.1, 0.15) is 11.3 Å². The van der Waals surface area contributed by atoms with Gasteiger partial charge in [-0.15, -0.1) is 10.2 Å². The van der Waals surface area contributed by atoms with E-state index in [0.29, 0.717) is 16.9 Å². The van der Waals surface area contributed by atoms with Crippen molar-refractivity contribution in [2.75, 3.05) is 5.32 Å². The second-order valence-electron chi connectivity index (χ2n) is 4.60. The molecule has 1 amide bonds. The van der Waals surface area contributed by atoms with E-state index in [-0.39, 0.29) is 10.5 Å². The van der Waals surface area contributed by atoms with Crippen LogP contribution in [0, 0.1) is 0 Å². The number of hydrogen-bond acceptors (Lipinski definition) is 8. The van der Waals surface area contributed by atoms with Gasteiger partial charge >= 0.3 is 0 Å². The Morgan fingerprint density at radius 2 is 2.00 bits per heavy atom. The molecule has 0 aliphatic carbocycles. The predicted octanol–water partition coefficient (Wildman–Crippen LogP) is -0.0151. The Labute approximate surface area is 138 Å². The van der Waals surface area contributed by atoms with Gasteiger partial charge < -0.3 is 10.1 Å². The number of amides is 1. The van der Waals surface area contributed by atoms with Crippen LogP contribution in [0.5, 0.6) is 5.75 Å². The lowest BCUT2D eigenvalue weighted by Crippen LogP contribution is -2.23. The van der Waals surface area contributed by atoms with Gasteiger partial charge in [-0.1, -0.05) is 23.5 Å². The molecule has 2 heterocycles. The molecule has 0 bridgehead atoms. The summed E-state index contributed by atoms with van der Waals surface area (Å²) in [4.78, 5) is 26.7. The summed E-state index contributed by atoms with van der Waals surface area (Å²) in [7, 11) is -4.05. The minimum Gasteiger partial charge on any atom is -0.506 e. The highest BCUT2D eigenvalue weighted by molar-refractivity contribution is 7.91. The monoisotopic (exact) mass is 367 g/mol. The Bertz CT molecular complexity index is 1120. The minimum absolute atomic E-state index is 0.184. The quantitative estimate of drug-likeness (QED) is 0.472. The smallest absolute Gasteiger partial charge is 0.267 e. The predicted molar refractivity (Wildman–Crippen MR) is 85.5 cm³/mol. The molecule has 5 N–H and O–H groups in total. The molecule has 10 nitrogen and oxygen atoms in total. The van der Waals surface area contributed by atoms with Crippen molar-refractivity contribution in [2.24, 2.45) is 5.14 Å². The summed E-state index contributed by atoms with van der Waals surface area (Å²) < 4.78 is 21.8. The third-order valence-electron chi connectivity index (χ3n) is 2.99. The van der Waals surface area contributed by atoms with Crippen molar-refractivity contribution in [3.63, 3.8) is 0 Å². The molecule has 24 heavy (non-hydrogen) atoms. The van der Waals surface area contributed by atoms with Crippen LogP contribution in [0.2, 0.25) is 0 Å². The molecular formula is C12H9N5O5S2. The summed E-state index contributed by atoms with van der Waals surface area (Å²) >= 11 is 0.517. The van der Waals surface area contributed by atoms with Gasteiger partial charge in [0.15, 0.2) is 0 Å². The maximum atomic E-state index is 12.2. The van der Waals surface area contributed by atoms with Crippen molar-refractivity contribution in [3.8, 4) is 5.75 Å². The lowest BCUT2D eigenvalue weighted by atomic mass is 10.1. The summed E-state index contributed by atoms with van der Waals surface area (Å²) in [5.74, 6) is -1.46. The van der Waals surface area contributed by atoms with Crippen molar-refractivity contribution in [3.05, 3.63) is 40.2 Å². The number of aromatic amines is 1. The zero-order valence-corrected chi connectivity index (χ0v) is 13.3. The van der Waals surface area contributed by atoms with Crippen molar-refractivity contribution < 1.29 is 18.3 Å². The number of aromatic nitrogens is 3. The normalized spacial score (nSPS) is 11.5. The molecule has 2 aromatic heterocycles. The fraction of sp³-hybridized carbons (Fsp3) is 0. The molecule has 124 valence electrons. The number of sulfonamides is 1. The van der Waals surface area contributed by atoms with Gasteiger partial charge in [0.2, 0.25) is 9.47 Å². The lowest BCUT2D eigenvalue weighted by Gasteiger charge is -2.06. The topological polar surface area (TPSA) is 168 Å². The largest absolute Gasteiger partial charge is 0.506 e. The lowest BCUT2D eigenvalue weighted by molar-refractivity contribution is 0.102. The number of hydrogen-bond donors (Lipinski definition) is 4. The first-order valence-electron chi connectivity index (χ1n) is 6.29. The third-order valence-corrected chi connectivity index (χ3v) is 5.14. The number of H-pyrrole nitrogens is 1. The van der Waals surface area contributed by atoms with Crippen LogP contribution in [0.15, 0.2) is 33.4 Å². The number of anilines is 1. The van der Waals surface area contributed by atoms with E-state index in [4.69, 9.17) is 5.14 Å². The number of pyridine rings is 1. The highest BCUT2D eigenvalue weighted by Gasteiger charge is 2.22. The summed E-state index contributed by atoms with van der Waals surface area (Å²) in [5.41, 5.74) is -0.968. The second-order valence-corrected chi connectivity index (χ2v) is 7.31. The van der Waals surface area contributed by atoms with E-state index in [9.17, 15) is 23.1 Å². The first kappa shape index (κ1) is 16.0. The molecule has 0 atom stereocenters. The number of benzene rings is 1. The molecule has 0 radical (unpaired) electrons. The minimum atomic E-state index is -4.05. The molecule has 0 unspecified atom stereocenters. The molecular weight excluding hydrogens is 358 g/mol. The summed E-state index contributed by atoms with van der Waals surface area (Å²) in [6, 6.07) is 6.39. The number of nitrogens with zero attached hydrogens (tertiary/aromatic N) is 2. The molecule has 0 aliphatic heterocycles. The Hall–Kier alpha value is -2.83. The number of fused-ring (bicyclic) bond motifs is 1. The molecule has 0 aliphatic rings. The van der Waals surface area contributed by atoms with Gasteiger partial charge in [0.25, 0.3) is 21.5 Å². The number of primary sulfonamides is 1.